The molecule has 0 atom stereocenters. The lowest BCUT2D eigenvalue weighted by Gasteiger charge is -2.18. The van der Waals surface area contributed by atoms with E-state index in [1.165, 1.54) is 12.1 Å². The van der Waals surface area contributed by atoms with Crippen molar-refractivity contribution in [1.29, 1.82) is 0 Å². The highest BCUT2D eigenvalue weighted by atomic mass is 32.2. The van der Waals surface area contributed by atoms with Gasteiger partial charge in [0, 0.05) is 30.2 Å². The van der Waals surface area contributed by atoms with Gasteiger partial charge < -0.3 is 4.90 Å². The molecule has 0 aliphatic carbocycles. The Morgan fingerprint density at radius 1 is 1.00 bits per heavy atom. The molecule has 1 N–H and O–H groups in total. The van der Waals surface area contributed by atoms with Crippen LogP contribution in [0.1, 0.15) is 15.9 Å². The van der Waals surface area contributed by atoms with Gasteiger partial charge in [0.25, 0.3) is 15.9 Å². The minimum absolute atomic E-state index is 0.126. The lowest BCUT2D eigenvalue weighted by atomic mass is 10.1. The van der Waals surface area contributed by atoms with Crippen LogP contribution in [-0.4, -0.2) is 25.9 Å². The largest absolute Gasteiger partial charge is 0.308 e. The number of nitrogens with one attached hydrogen (secondary N) is 1. The van der Waals surface area contributed by atoms with Gasteiger partial charge in [-0.1, -0.05) is 24.3 Å². The molecule has 1 aromatic heterocycles. The molecule has 2 aromatic carbocycles. The number of fused-ring (bicyclic) bond motifs is 1. The number of amides is 1. The van der Waals surface area contributed by atoms with Crippen LogP contribution in [0.15, 0.2) is 78.0 Å². The SMILES string of the molecule is O=C(c1ccncc1)N1CCc2ccc(NS(=O)(=O)c3ccccc3)cc21. The van der Waals surface area contributed by atoms with Crippen LogP contribution in [0.3, 0.4) is 0 Å². The van der Waals surface area contributed by atoms with Crippen molar-refractivity contribution in [3.05, 3.63) is 84.2 Å². The number of benzene rings is 2. The summed E-state index contributed by atoms with van der Waals surface area (Å²) in [7, 11) is -3.68. The van der Waals surface area contributed by atoms with Crippen molar-refractivity contribution in [3.63, 3.8) is 0 Å². The predicted octanol–water partition coefficient (Wildman–Crippen LogP) is 3.09. The number of carbonyl (C=O) groups excluding carboxylic acids is 1. The fourth-order valence-corrected chi connectivity index (χ4v) is 4.19. The van der Waals surface area contributed by atoms with E-state index in [9.17, 15) is 13.2 Å². The maximum absolute atomic E-state index is 12.8. The smallest absolute Gasteiger partial charge is 0.261 e. The number of rotatable bonds is 4. The molecule has 4 rings (SSSR count). The third-order valence-electron chi connectivity index (χ3n) is 4.46. The van der Waals surface area contributed by atoms with Gasteiger partial charge in [-0.25, -0.2) is 8.42 Å². The minimum atomic E-state index is -3.68. The highest BCUT2D eigenvalue weighted by molar-refractivity contribution is 7.92. The van der Waals surface area contributed by atoms with Crippen LogP contribution in [0.5, 0.6) is 0 Å². The van der Waals surface area contributed by atoms with E-state index in [1.807, 2.05) is 6.07 Å². The normalized spacial score (nSPS) is 13.3. The van der Waals surface area contributed by atoms with Crippen LogP contribution in [-0.2, 0) is 16.4 Å². The molecule has 1 amide bonds. The van der Waals surface area contributed by atoms with Crippen LogP contribution in [0.4, 0.5) is 11.4 Å². The summed E-state index contributed by atoms with van der Waals surface area (Å²) in [5.74, 6) is -0.126. The number of aromatic nitrogens is 1. The van der Waals surface area contributed by atoms with Gasteiger partial charge in [0.15, 0.2) is 0 Å². The summed E-state index contributed by atoms with van der Waals surface area (Å²) < 4.78 is 27.7. The highest BCUT2D eigenvalue weighted by Gasteiger charge is 2.26. The standard InChI is InChI=1S/C20H17N3O3S/c24-20(16-8-11-21-12-9-16)23-13-10-15-6-7-17(14-19(15)23)22-27(25,26)18-4-2-1-3-5-18/h1-9,11-12,14,22H,10,13H2. The zero-order valence-electron chi connectivity index (χ0n) is 14.4. The summed E-state index contributed by atoms with van der Waals surface area (Å²) in [6.45, 7) is 0.561. The molecule has 6 nitrogen and oxygen atoms in total. The van der Waals surface area contributed by atoms with Crippen LogP contribution in [0.2, 0.25) is 0 Å². The van der Waals surface area contributed by atoms with E-state index < -0.39 is 10.0 Å². The average Bonchev–Trinajstić information content (AvgIpc) is 3.12. The Labute approximate surface area is 157 Å². The Morgan fingerprint density at radius 3 is 2.48 bits per heavy atom. The van der Waals surface area contributed by atoms with E-state index in [1.54, 1.807) is 59.8 Å². The fraction of sp³-hybridized carbons (Fsp3) is 0.100. The van der Waals surface area contributed by atoms with Gasteiger partial charge in [-0.2, -0.15) is 0 Å². The Kier molecular flexibility index (Phi) is 4.37. The first-order valence-electron chi connectivity index (χ1n) is 8.47. The summed E-state index contributed by atoms with van der Waals surface area (Å²) >= 11 is 0. The number of anilines is 2. The second kappa shape index (κ2) is 6.85. The van der Waals surface area contributed by atoms with Crippen molar-refractivity contribution < 1.29 is 13.2 Å². The van der Waals surface area contributed by atoms with Crippen molar-refractivity contribution in [1.82, 2.24) is 4.98 Å². The van der Waals surface area contributed by atoms with Crippen LogP contribution in [0, 0.1) is 0 Å². The topological polar surface area (TPSA) is 79.4 Å². The van der Waals surface area contributed by atoms with E-state index in [0.717, 1.165) is 17.7 Å². The second-order valence-corrected chi connectivity index (χ2v) is 7.89. The number of sulfonamides is 1. The van der Waals surface area contributed by atoms with Crippen molar-refractivity contribution in [2.75, 3.05) is 16.2 Å². The maximum atomic E-state index is 12.8. The molecule has 0 spiro atoms. The highest BCUT2D eigenvalue weighted by Crippen LogP contribution is 2.32. The molecule has 1 aliphatic rings. The first kappa shape index (κ1) is 17.2. The molecule has 0 saturated carbocycles. The molecule has 0 saturated heterocycles. The zero-order chi connectivity index (χ0) is 18.9. The molecule has 3 aromatic rings. The summed E-state index contributed by atoms with van der Waals surface area (Å²) in [4.78, 5) is 18.6. The molecule has 0 unspecified atom stereocenters. The molecule has 2 heterocycles. The number of hydrogen-bond acceptors (Lipinski definition) is 4. The predicted molar refractivity (Wildman–Crippen MR) is 103 cm³/mol. The Morgan fingerprint density at radius 2 is 1.74 bits per heavy atom. The van der Waals surface area contributed by atoms with E-state index in [4.69, 9.17) is 0 Å². The molecule has 136 valence electrons. The van der Waals surface area contributed by atoms with E-state index >= 15 is 0 Å². The molecule has 27 heavy (non-hydrogen) atoms. The number of hydrogen-bond donors (Lipinski definition) is 1. The molecule has 0 fully saturated rings. The fourth-order valence-electron chi connectivity index (χ4n) is 3.12. The van der Waals surface area contributed by atoms with Crippen LogP contribution >= 0.6 is 0 Å². The van der Waals surface area contributed by atoms with Gasteiger partial charge in [-0.15, -0.1) is 0 Å². The lowest BCUT2D eigenvalue weighted by molar-refractivity contribution is 0.0989. The maximum Gasteiger partial charge on any atom is 0.261 e. The van der Waals surface area contributed by atoms with Crippen LogP contribution in [0.25, 0.3) is 0 Å². The third-order valence-corrected chi connectivity index (χ3v) is 5.86. The molecule has 0 bridgehead atoms. The molecule has 0 radical (unpaired) electrons. The quantitative estimate of drug-likeness (QED) is 0.755. The van der Waals surface area contributed by atoms with Gasteiger partial charge in [-0.3, -0.25) is 14.5 Å². The summed E-state index contributed by atoms with van der Waals surface area (Å²) in [6.07, 6.45) is 3.89. The number of carbonyl (C=O) groups is 1. The summed E-state index contributed by atoms with van der Waals surface area (Å²) in [5.41, 5.74) is 2.71. The average molecular weight is 379 g/mol. The molecular weight excluding hydrogens is 362 g/mol. The van der Waals surface area contributed by atoms with Crippen molar-refractivity contribution in [3.8, 4) is 0 Å². The third kappa shape index (κ3) is 3.41. The minimum Gasteiger partial charge on any atom is -0.308 e. The lowest BCUT2D eigenvalue weighted by Crippen LogP contribution is -2.28. The summed E-state index contributed by atoms with van der Waals surface area (Å²) in [5, 5.41) is 0. The Balaban J connectivity index is 1.63. The van der Waals surface area contributed by atoms with Gasteiger partial charge in [0.05, 0.1) is 10.6 Å². The van der Waals surface area contributed by atoms with Crippen molar-refractivity contribution in [2.24, 2.45) is 0 Å². The first-order chi connectivity index (χ1) is 13.0. The van der Waals surface area contributed by atoms with Crippen molar-refractivity contribution in [2.45, 2.75) is 11.3 Å². The van der Waals surface area contributed by atoms with Gasteiger partial charge in [0.1, 0.15) is 0 Å². The van der Waals surface area contributed by atoms with E-state index in [-0.39, 0.29) is 10.8 Å². The summed E-state index contributed by atoms with van der Waals surface area (Å²) in [6, 6.07) is 16.8. The second-order valence-electron chi connectivity index (χ2n) is 6.20. The molecule has 7 heteroatoms. The number of pyridine rings is 1. The number of nitrogens with zero attached hydrogens (tertiary/aromatic N) is 2. The van der Waals surface area contributed by atoms with E-state index in [0.29, 0.717) is 17.8 Å². The molecule has 1 aliphatic heterocycles. The van der Waals surface area contributed by atoms with Crippen molar-refractivity contribution >= 4 is 27.3 Å². The van der Waals surface area contributed by atoms with Gasteiger partial charge in [-0.05, 0) is 48.4 Å². The zero-order valence-corrected chi connectivity index (χ0v) is 15.2. The first-order valence-corrected chi connectivity index (χ1v) is 9.95. The monoisotopic (exact) mass is 379 g/mol. The Bertz CT molecular complexity index is 1080. The Hall–Kier alpha value is -3.19. The van der Waals surface area contributed by atoms with Gasteiger partial charge >= 0.3 is 0 Å². The van der Waals surface area contributed by atoms with Crippen LogP contribution < -0.4 is 9.62 Å². The van der Waals surface area contributed by atoms with E-state index in [2.05, 4.69) is 9.71 Å². The van der Waals surface area contributed by atoms with Gasteiger partial charge in [0.2, 0.25) is 0 Å². The molecular formula is C20H17N3O3S.